The molecule has 0 radical (unpaired) electrons. The number of nitrogens with one attached hydrogen (secondary N) is 1. The third-order valence-electron chi connectivity index (χ3n) is 3.81. The van der Waals surface area contributed by atoms with E-state index < -0.39 is 5.60 Å². The monoisotopic (exact) mass is 293 g/mol. The standard InChI is InChI=1S/C17H27NO3/c1-2-3-4-10-21-16-7-5-15(6-8-16)12-18-13-17(19)9-11-20-14-17/h5-8,18-19H,2-4,9-14H2,1H3. The molecule has 4 heteroatoms. The van der Waals surface area contributed by atoms with Crippen molar-refractivity contribution in [3.8, 4) is 5.75 Å². The first kappa shape index (κ1) is 16.3. The summed E-state index contributed by atoms with van der Waals surface area (Å²) in [6.45, 7) is 5.39. The average Bonchev–Trinajstić information content (AvgIpc) is 2.92. The lowest BCUT2D eigenvalue weighted by molar-refractivity contribution is 0.0268. The fourth-order valence-corrected chi connectivity index (χ4v) is 2.42. The van der Waals surface area contributed by atoms with Crippen LogP contribution in [0.5, 0.6) is 5.75 Å². The Morgan fingerprint density at radius 3 is 2.76 bits per heavy atom. The van der Waals surface area contributed by atoms with Crippen LogP contribution in [0, 0.1) is 0 Å². The second kappa shape index (κ2) is 8.37. The van der Waals surface area contributed by atoms with E-state index in [2.05, 4.69) is 24.4 Å². The second-order valence-electron chi connectivity index (χ2n) is 5.83. The molecule has 0 amide bonds. The Kier molecular flexibility index (Phi) is 6.49. The predicted molar refractivity (Wildman–Crippen MR) is 83.6 cm³/mol. The second-order valence-corrected chi connectivity index (χ2v) is 5.83. The summed E-state index contributed by atoms with van der Waals surface area (Å²) in [5, 5.41) is 13.4. The van der Waals surface area contributed by atoms with E-state index in [0.717, 1.165) is 25.3 Å². The van der Waals surface area contributed by atoms with E-state index in [0.29, 0.717) is 26.2 Å². The molecule has 1 atom stereocenters. The maximum Gasteiger partial charge on any atom is 0.119 e. The molecule has 21 heavy (non-hydrogen) atoms. The molecule has 1 aliphatic heterocycles. The van der Waals surface area contributed by atoms with Crippen LogP contribution < -0.4 is 10.1 Å². The molecular weight excluding hydrogens is 266 g/mol. The topological polar surface area (TPSA) is 50.7 Å². The van der Waals surface area contributed by atoms with Crippen molar-refractivity contribution in [1.82, 2.24) is 5.32 Å². The van der Waals surface area contributed by atoms with Gasteiger partial charge in [0.25, 0.3) is 0 Å². The van der Waals surface area contributed by atoms with Crippen LogP contribution in [0.4, 0.5) is 0 Å². The number of unbranched alkanes of at least 4 members (excludes halogenated alkanes) is 2. The minimum absolute atomic E-state index is 0.435. The van der Waals surface area contributed by atoms with E-state index in [1.54, 1.807) is 0 Å². The third kappa shape index (κ3) is 5.65. The highest BCUT2D eigenvalue weighted by atomic mass is 16.5. The zero-order valence-electron chi connectivity index (χ0n) is 12.9. The summed E-state index contributed by atoms with van der Waals surface area (Å²) in [6, 6.07) is 8.15. The molecule has 0 aromatic heterocycles. The van der Waals surface area contributed by atoms with Crippen molar-refractivity contribution in [1.29, 1.82) is 0 Å². The van der Waals surface area contributed by atoms with E-state index in [1.165, 1.54) is 18.4 Å². The van der Waals surface area contributed by atoms with Gasteiger partial charge in [0.1, 0.15) is 11.4 Å². The fraction of sp³-hybridized carbons (Fsp3) is 0.647. The van der Waals surface area contributed by atoms with Crippen molar-refractivity contribution in [2.45, 2.75) is 44.8 Å². The number of hydrogen-bond donors (Lipinski definition) is 2. The summed E-state index contributed by atoms with van der Waals surface area (Å²) >= 11 is 0. The van der Waals surface area contributed by atoms with Gasteiger partial charge in [0, 0.05) is 26.1 Å². The van der Waals surface area contributed by atoms with Crippen LogP contribution in [0.25, 0.3) is 0 Å². The van der Waals surface area contributed by atoms with Crippen LogP contribution in [0.2, 0.25) is 0 Å². The lowest BCUT2D eigenvalue weighted by Gasteiger charge is -2.20. The number of hydrogen-bond acceptors (Lipinski definition) is 4. The highest BCUT2D eigenvalue weighted by molar-refractivity contribution is 5.27. The molecule has 1 fully saturated rings. The van der Waals surface area contributed by atoms with Gasteiger partial charge < -0.3 is 19.9 Å². The van der Waals surface area contributed by atoms with E-state index in [4.69, 9.17) is 9.47 Å². The lowest BCUT2D eigenvalue weighted by atomic mass is 10.0. The van der Waals surface area contributed by atoms with E-state index in [-0.39, 0.29) is 0 Å². The van der Waals surface area contributed by atoms with Crippen LogP contribution >= 0.6 is 0 Å². The number of ether oxygens (including phenoxy) is 2. The van der Waals surface area contributed by atoms with Crippen LogP contribution in [-0.4, -0.2) is 37.1 Å². The van der Waals surface area contributed by atoms with Crippen LogP contribution in [0.15, 0.2) is 24.3 Å². The van der Waals surface area contributed by atoms with Crippen molar-refractivity contribution in [2.24, 2.45) is 0 Å². The highest BCUT2D eigenvalue weighted by Crippen LogP contribution is 2.17. The van der Waals surface area contributed by atoms with Gasteiger partial charge in [0.05, 0.1) is 13.2 Å². The Hall–Kier alpha value is -1.10. The normalized spacial score (nSPS) is 21.6. The molecule has 0 saturated carbocycles. The molecule has 4 nitrogen and oxygen atoms in total. The van der Waals surface area contributed by atoms with Gasteiger partial charge in [0.15, 0.2) is 0 Å². The van der Waals surface area contributed by atoms with Crippen LogP contribution in [0.3, 0.4) is 0 Å². The predicted octanol–water partition coefficient (Wildman–Crippen LogP) is 2.50. The first-order valence-electron chi connectivity index (χ1n) is 7.94. The molecular formula is C17H27NO3. The minimum atomic E-state index is -0.692. The number of aliphatic hydroxyl groups is 1. The average molecular weight is 293 g/mol. The molecule has 118 valence electrons. The highest BCUT2D eigenvalue weighted by Gasteiger charge is 2.31. The molecule has 1 unspecified atom stereocenters. The zero-order chi connectivity index (χ0) is 15.0. The van der Waals surface area contributed by atoms with Crippen molar-refractivity contribution >= 4 is 0 Å². The minimum Gasteiger partial charge on any atom is -0.494 e. The first-order valence-corrected chi connectivity index (χ1v) is 7.94. The summed E-state index contributed by atoms with van der Waals surface area (Å²) in [5.41, 5.74) is 0.501. The molecule has 2 N–H and O–H groups in total. The Morgan fingerprint density at radius 1 is 1.29 bits per heavy atom. The zero-order valence-corrected chi connectivity index (χ0v) is 12.9. The van der Waals surface area contributed by atoms with Gasteiger partial charge in [-0.25, -0.2) is 0 Å². The number of benzene rings is 1. The van der Waals surface area contributed by atoms with Gasteiger partial charge in [-0.1, -0.05) is 31.9 Å². The van der Waals surface area contributed by atoms with Gasteiger partial charge in [-0.2, -0.15) is 0 Å². The molecule has 0 spiro atoms. The molecule has 1 aliphatic rings. The first-order chi connectivity index (χ1) is 10.2. The molecule has 1 aromatic carbocycles. The summed E-state index contributed by atoms with van der Waals surface area (Å²) < 4.78 is 10.9. The van der Waals surface area contributed by atoms with Gasteiger partial charge in [-0.15, -0.1) is 0 Å². The van der Waals surface area contributed by atoms with Gasteiger partial charge >= 0.3 is 0 Å². The summed E-state index contributed by atoms with van der Waals surface area (Å²) in [7, 11) is 0. The molecule has 1 saturated heterocycles. The quantitative estimate of drug-likeness (QED) is 0.687. The molecule has 2 rings (SSSR count). The summed E-state index contributed by atoms with van der Waals surface area (Å²) in [4.78, 5) is 0. The maximum atomic E-state index is 10.1. The van der Waals surface area contributed by atoms with Crippen molar-refractivity contribution in [3.05, 3.63) is 29.8 Å². The van der Waals surface area contributed by atoms with Gasteiger partial charge in [0.2, 0.25) is 0 Å². The fourth-order valence-electron chi connectivity index (χ4n) is 2.42. The Labute approximate surface area is 127 Å². The van der Waals surface area contributed by atoms with Crippen LogP contribution in [0.1, 0.15) is 38.2 Å². The molecule has 0 aliphatic carbocycles. The van der Waals surface area contributed by atoms with Gasteiger partial charge in [-0.05, 0) is 24.1 Å². The molecule has 0 bridgehead atoms. The Balaban J connectivity index is 1.67. The summed E-state index contributed by atoms with van der Waals surface area (Å²) in [6.07, 6.45) is 4.25. The van der Waals surface area contributed by atoms with Gasteiger partial charge in [-0.3, -0.25) is 0 Å². The van der Waals surface area contributed by atoms with Crippen molar-refractivity contribution in [2.75, 3.05) is 26.4 Å². The summed E-state index contributed by atoms with van der Waals surface area (Å²) in [5.74, 6) is 0.928. The van der Waals surface area contributed by atoms with Crippen molar-refractivity contribution in [3.63, 3.8) is 0 Å². The molecule has 1 heterocycles. The Bertz CT molecular complexity index is 399. The lowest BCUT2D eigenvalue weighted by Crippen LogP contribution is -2.40. The third-order valence-corrected chi connectivity index (χ3v) is 3.81. The maximum absolute atomic E-state index is 10.1. The van der Waals surface area contributed by atoms with Crippen LogP contribution in [-0.2, 0) is 11.3 Å². The number of rotatable bonds is 9. The molecule has 1 aromatic rings. The Morgan fingerprint density at radius 2 is 2.10 bits per heavy atom. The van der Waals surface area contributed by atoms with Crippen molar-refractivity contribution < 1.29 is 14.6 Å². The largest absolute Gasteiger partial charge is 0.494 e. The SMILES string of the molecule is CCCCCOc1ccc(CNCC2(O)CCOC2)cc1. The van der Waals surface area contributed by atoms with E-state index in [1.807, 2.05) is 12.1 Å². The smallest absolute Gasteiger partial charge is 0.119 e. The van der Waals surface area contributed by atoms with E-state index in [9.17, 15) is 5.11 Å². The van der Waals surface area contributed by atoms with E-state index >= 15 is 0 Å².